The van der Waals surface area contributed by atoms with E-state index >= 15 is 0 Å². The van der Waals surface area contributed by atoms with E-state index in [1.807, 2.05) is 6.92 Å². The molecule has 2 rings (SSSR count). The molecule has 1 aliphatic rings. The molecular formula is C13H20N3O2S+. The molecule has 104 valence electrons. The molecule has 0 bridgehead atoms. The van der Waals surface area contributed by atoms with Crippen LogP contribution < -0.4 is 15.2 Å². The molecule has 6 heteroatoms. The summed E-state index contributed by atoms with van der Waals surface area (Å²) in [6.07, 6.45) is 4.21. The zero-order chi connectivity index (χ0) is 13.7. The zero-order valence-corrected chi connectivity index (χ0v) is 11.9. The summed E-state index contributed by atoms with van der Waals surface area (Å²) in [7, 11) is -3.51. The van der Waals surface area contributed by atoms with Gasteiger partial charge in [-0.2, -0.15) is 5.43 Å². The van der Waals surface area contributed by atoms with E-state index in [0.29, 0.717) is 0 Å². The molecule has 1 aromatic rings. The number of hydrogen-bond acceptors (Lipinski definition) is 3. The third kappa shape index (κ3) is 4.04. The molecule has 1 aromatic carbocycles. The van der Waals surface area contributed by atoms with Crippen molar-refractivity contribution in [3.8, 4) is 0 Å². The molecule has 5 nitrogen and oxygen atoms in total. The van der Waals surface area contributed by atoms with Crippen LogP contribution in [0.3, 0.4) is 0 Å². The van der Waals surface area contributed by atoms with Crippen molar-refractivity contribution in [1.29, 1.82) is 0 Å². The third-order valence-corrected chi connectivity index (χ3v) is 4.37. The molecule has 0 atom stereocenters. The van der Waals surface area contributed by atoms with Gasteiger partial charge in [-0.1, -0.05) is 22.5 Å². The molecule has 0 spiro atoms. The summed E-state index contributed by atoms with van der Waals surface area (Å²) in [5, 5.41) is 0. The number of aryl methyl sites for hydroxylation is 1. The van der Waals surface area contributed by atoms with Gasteiger partial charge in [0.15, 0.2) is 0 Å². The highest BCUT2D eigenvalue weighted by molar-refractivity contribution is 7.89. The van der Waals surface area contributed by atoms with Gasteiger partial charge in [-0.05, 0) is 38.3 Å². The van der Waals surface area contributed by atoms with Crippen LogP contribution in [0.5, 0.6) is 0 Å². The van der Waals surface area contributed by atoms with E-state index in [9.17, 15) is 8.42 Å². The fourth-order valence-corrected chi connectivity index (χ4v) is 2.81. The smallest absolute Gasteiger partial charge is 0.273 e. The lowest BCUT2D eigenvalue weighted by Crippen LogP contribution is -2.76. The Kier molecular flexibility index (Phi) is 4.55. The van der Waals surface area contributed by atoms with Gasteiger partial charge < -0.3 is 0 Å². The molecule has 0 saturated heterocycles. The zero-order valence-electron chi connectivity index (χ0n) is 11.1. The van der Waals surface area contributed by atoms with E-state index in [4.69, 9.17) is 0 Å². The molecule has 0 aromatic heterocycles. The number of nitrogens with one attached hydrogen (secondary N) is 3. The minimum Gasteiger partial charge on any atom is -0.277 e. The molecule has 0 unspecified atom stereocenters. The monoisotopic (exact) mass is 282 g/mol. The molecular weight excluding hydrogens is 262 g/mol. The molecule has 3 N–H and O–H groups in total. The topological polar surface area (TPSA) is 72.2 Å². The van der Waals surface area contributed by atoms with E-state index in [1.165, 1.54) is 6.42 Å². The van der Waals surface area contributed by atoms with E-state index in [1.54, 1.807) is 24.3 Å². The van der Waals surface area contributed by atoms with Crippen molar-refractivity contribution in [3.63, 3.8) is 0 Å². The van der Waals surface area contributed by atoms with Crippen LogP contribution in [-0.2, 0) is 10.0 Å². The van der Waals surface area contributed by atoms with Crippen molar-refractivity contribution >= 4 is 15.9 Å². The Hall–Kier alpha value is -1.40. The average molecular weight is 282 g/mol. The lowest BCUT2D eigenvalue weighted by molar-refractivity contribution is -0.460. The van der Waals surface area contributed by atoms with Gasteiger partial charge in [-0.25, -0.2) is 8.42 Å². The van der Waals surface area contributed by atoms with Gasteiger partial charge in [0, 0.05) is 6.42 Å². The van der Waals surface area contributed by atoms with Crippen molar-refractivity contribution in [2.24, 2.45) is 0 Å². The van der Waals surface area contributed by atoms with Gasteiger partial charge in [0.1, 0.15) is 0 Å². The first kappa shape index (κ1) is 14.0. The number of rotatable bonds is 3. The summed E-state index contributed by atoms with van der Waals surface area (Å²) in [4.78, 5) is 5.87. The summed E-state index contributed by atoms with van der Waals surface area (Å²) in [6, 6.07) is 6.77. The second-order valence-electron chi connectivity index (χ2n) is 4.76. The van der Waals surface area contributed by atoms with Gasteiger partial charge in [-0.3, -0.25) is 4.99 Å². The fraction of sp³-hybridized carbons (Fsp3) is 0.462. The lowest BCUT2D eigenvalue weighted by atomic mass is 10.2. The molecule has 0 radical (unpaired) electrons. The standard InChI is InChI=1S/C13H19N3O2S/c1-11-6-8-12(9-7-11)19(17,18)16-15-13-5-3-2-4-10-14-13/h6-9,16H,2-5,10H2,1H3,(H,14,15)/p+1. The largest absolute Gasteiger partial charge is 0.277 e. The van der Waals surface area contributed by atoms with Crippen molar-refractivity contribution in [2.45, 2.75) is 37.5 Å². The maximum atomic E-state index is 12.1. The highest BCUT2D eigenvalue weighted by atomic mass is 32.2. The number of amidine groups is 1. The van der Waals surface area contributed by atoms with Crippen LogP contribution in [0.15, 0.2) is 29.2 Å². The Morgan fingerprint density at radius 1 is 1.11 bits per heavy atom. The first-order valence-corrected chi connectivity index (χ1v) is 8.00. The van der Waals surface area contributed by atoms with Crippen LogP contribution in [0.25, 0.3) is 0 Å². The van der Waals surface area contributed by atoms with E-state index in [-0.39, 0.29) is 4.90 Å². The number of sulfonamides is 1. The van der Waals surface area contributed by atoms with Gasteiger partial charge in [0.05, 0.1) is 11.4 Å². The molecule has 0 aliphatic carbocycles. The second-order valence-corrected chi connectivity index (χ2v) is 6.44. The maximum absolute atomic E-state index is 12.1. The summed E-state index contributed by atoms with van der Waals surface area (Å²) in [5.74, 6) is 0.841. The number of hydrazine groups is 1. The number of hydrogen-bond donors (Lipinski definition) is 3. The van der Waals surface area contributed by atoms with Crippen LogP contribution >= 0.6 is 0 Å². The minimum atomic E-state index is -3.51. The van der Waals surface area contributed by atoms with E-state index in [0.717, 1.165) is 37.2 Å². The van der Waals surface area contributed by atoms with Crippen LogP contribution in [-0.4, -0.2) is 20.8 Å². The van der Waals surface area contributed by atoms with Gasteiger partial charge >= 0.3 is 0 Å². The second kappa shape index (κ2) is 6.16. The Morgan fingerprint density at radius 2 is 1.84 bits per heavy atom. The molecule has 0 amide bonds. The van der Waals surface area contributed by atoms with Gasteiger partial charge in [-0.15, -0.1) is 0 Å². The van der Waals surface area contributed by atoms with Crippen molar-refractivity contribution in [3.05, 3.63) is 29.8 Å². The SMILES string of the molecule is Cc1ccc(S(=O)(=O)NNC2=[NH+]CCCCC2)cc1. The quantitative estimate of drug-likeness (QED) is 0.674. The molecule has 1 aliphatic heterocycles. The fourth-order valence-electron chi connectivity index (χ4n) is 1.94. The van der Waals surface area contributed by atoms with E-state index < -0.39 is 10.0 Å². The van der Waals surface area contributed by atoms with Crippen molar-refractivity contribution in [2.75, 3.05) is 6.54 Å². The molecule has 0 saturated carbocycles. The summed E-state index contributed by atoms with van der Waals surface area (Å²) in [6.45, 7) is 2.81. The first-order valence-electron chi connectivity index (χ1n) is 6.52. The predicted molar refractivity (Wildman–Crippen MR) is 73.9 cm³/mol. The predicted octanol–water partition coefficient (Wildman–Crippen LogP) is -0.169. The Morgan fingerprint density at radius 3 is 2.58 bits per heavy atom. The van der Waals surface area contributed by atoms with Gasteiger partial charge in [0.25, 0.3) is 15.9 Å². The van der Waals surface area contributed by atoms with Gasteiger partial charge in [0.2, 0.25) is 0 Å². The minimum absolute atomic E-state index is 0.264. The van der Waals surface area contributed by atoms with Crippen LogP contribution in [0.2, 0.25) is 0 Å². The Balaban J connectivity index is 2.01. The Bertz CT molecular complexity index is 550. The normalized spacial score (nSPS) is 16.6. The maximum Gasteiger partial charge on any atom is 0.273 e. The summed E-state index contributed by atoms with van der Waals surface area (Å²) >= 11 is 0. The summed E-state index contributed by atoms with van der Waals surface area (Å²) < 4.78 is 24.1. The third-order valence-electron chi connectivity index (χ3n) is 3.11. The lowest BCUT2D eigenvalue weighted by Gasteiger charge is -2.05. The van der Waals surface area contributed by atoms with Crippen LogP contribution in [0.1, 0.15) is 31.2 Å². The molecule has 0 fully saturated rings. The highest BCUT2D eigenvalue weighted by Crippen LogP contribution is 2.09. The number of benzene rings is 1. The van der Waals surface area contributed by atoms with Crippen molar-refractivity contribution in [1.82, 2.24) is 10.3 Å². The Labute approximate surface area is 114 Å². The molecule has 1 heterocycles. The van der Waals surface area contributed by atoms with Crippen molar-refractivity contribution < 1.29 is 13.4 Å². The first-order chi connectivity index (χ1) is 9.08. The van der Waals surface area contributed by atoms with Crippen LogP contribution in [0, 0.1) is 6.92 Å². The van der Waals surface area contributed by atoms with Crippen LogP contribution in [0.4, 0.5) is 0 Å². The summed E-state index contributed by atoms with van der Waals surface area (Å²) in [5.41, 5.74) is 3.82. The average Bonchev–Trinajstić information content (AvgIpc) is 2.65. The van der Waals surface area contributed by atoms with E-state index in [2.05, 4.69) is 15.2 Å². The highest BCUT2D eigenvalue weighted by Gasteiger charge is 2.18. The molecule has 19 heavy (non-hydrogen) atoms.